The van der Waals surface area contributed by atoms with Crippen molar-refractivity contribution in [1.82, 2.24) is 0 Å². The Bertz CT molecular complexity index is 306. The van der Waals surface area contributed by atoms with E-state index >= 15 is 0 Å². The molecule has 0 bridgehead atoms. The predicted molar refractivity (Wildman–Crippen MR) is 55.4 cm³/mol. The minimum atomic E-state index is 1.36. The lowest BCUT2D eigenvalue weighted by Gasteiger charge is -2.07. The maximum atomic E-state index is 2.18. The summed E-state index contributed by atoms with van der Waals surface area (Å²) in [4.78, 5) is 0. The van der Waals surface area contributed by atoms with Gasteiger partial charge < -0.3 is 0 Å². The zero-order valence-corrected chi connectivity index (χ0v) is 8.31. The van der Waals surface area contributed by atoms with Crippen LogP contribution in [0.1, 0.15) is 29.2 Å². The Morgan fingerprint density at radius 1 is 1.00 bits per heavy atom. The molecule has 1 aromatic carbocycles. The molecule has 12 heavy (non-hydrogen) atoms. The molecule has 0 aliphatic rings. The Morgan fingerprint density at radius 3 is 2.17 bits per heavy atom. The van der Waals surface area contributed by atoms with E-state index in [9.17, 15) is 0 Å². The fraction of sp³-hybridized carbons (Fsp3) is 0.333. The van der Waals surface area contributed by atoms with E-state index in [1.807, 2.05) is 0 Å². The zero-order valence-electron chi connectivity index (χ0n) is 8.31. The Balaban J connectivity index is 3.32. The molecule has 64 valence electrons. The molecule has 0 N–H and O–H groups in total. The van der Waals surface area contributed by atoms with Gasteiger partial charge in [0.25, 0.3) is 0 Å². The first kappa shape index (κ1) is 9.05. The van der Waals surface area contributed by atoms with E-state index in [-0.39, 0.29) is 0 Å². The summed E-state index contributed by atoms with van der Waals surface area (Å²) in [6.45, 7) is 8.54. The van der Waals surface area contributed by atoms with Crippen molar-refractivity contribution < 1.29 is 0 Å². The lowest BCUT2D eigenvalue weighted by Crippen LogP contribution is -1.89. The second-order valence-corrected chi connectivity index (χ2v) is 3.24. The lowest BCUT2D eigenvalue weighted by molar-refractivity contribution is 1.28. The molecule has 0 radical (unpaired) electrons. The third-order valence-corrected chi connectivity index (χ3v) is 2.34. The fourth-order valence-corrected chi connectivity index (χ4v) is 1.40. The third kappa shape index (κ3) is 1.58. The van der Waals surface area contributed by atoms with Gasteiger partial charge in [-0.15, -0.1) is 0 Å². The van der Waals surface area contributed by atoms with E-state index < -0.39 is 0 Å². The SMILES string of the molecule is C/C=C\c1c(C)ccc(C)c1C. The summed E-state index contributed by atoms with van der Waals surface area (Å²) in [7, 11) is 0. The standard InChI is InChI=1S/C12H16/c1-5-6-12-10(3)8-7-9(2)11(12)4/h5-8H,1-4H3/b6-5-. The minimum absolute atomic E-state index is 1.36. The van der Waals surface area contributed by atoms with Crippen molar-refractivity contribution in [2.75, 3.05) is 0 Å². The van der Waals surface area contributed by atoms with Crippen LogP contribution in [0, 0.1) is 20.8 Å². The maximum Gasteiger partial charge on any atom is -0.0199 e. The highest BCUT2D eigenvalue weighted by molar-refractivity contribution is 5.59. The molecule has 0 amide bonds. The highest BCUT2D eigenvalue weighted by atomic mass is 14.0. The summed E-state index contributed by atoms with van der Waals surface area (Å²) >= 11 is 0. The van der Waals surface area contributed by atoms with Crippen molar-refractivity contribution in [1.29, 1.82) is 0 Å². The van der Waals surface area contributed by atoms with Gasteiger partial charge >= 0.3 is 0 Å². The Hall–Kier alpha value is -1.04. The smallest absolute Gasteiger partial charge is 0.0199 e. The zero-order chi connectivity index (χ0) is 9.14. The first-order valence-corrected chi connectivity index (χ1v) is 4.36. The van der Waals surface area contributed by atoms with Crippen molar-refractivity contribution in [3.8, 4) is 0 Å². The molecule has 1 aromatic rings. The number of benzene rings is 1. The molecule has 0 aliphatic heterocycles. The van der Waals surface area contributed by atoms with Crippen LogP contribution in [0.15, 0.2) is 18.2 Å². The topological polar surface area (TPSA) is 0 Å². The first-order chi connectivity index (χ1) is 5.66. The molecule has 0 saturated carbocycles. The molecule has 0 spiro atoms. The van der Waals surface area contributed by atoms with Crippen LogP contribution in [-0.4, -0.2) is 0 Å². The number of hydrogen-bond donors (Lipinski definition) is 0. The second-order valence-electron chi connectivity index (χ2n) is 3.24. The van der Waals surface area contributed by atoms with Crippen molar-refractivity contribution in [2.45, 2.75) is 27.7 Å². The van der Waals surface area contributed by atoms with Gasteiger partial charge in [0.05, 0.1) is 0 Å². The Morgan fingerprint density at radius 2 is 1.58 bits per heavy atom. The van der Waals surface area contributed by atoms with Crippen LogP contribution in [0.25, 0.3) is 6.08 Å². The van der Waals surface area contributed by atoms with E-state index in [4.69, 9.17) is 0 Å². The van der Waals surface area contributed by atoms with Crippen LogP contribution in [0.3, 0.4) is 0 Å². The van der Waals surface area contributed by atoms with Gasteiger partial charge in [0.15, 0.2) is 0 Å². The van der Waals surface area contributed by atoms with E-state index in [0.29, 0.717) is 0 Å². The van der Waals surface area contributed by atoms with Gasteiger partial charge in [-0.3, -0.25) is 0 Å². The summed E-state index contributed by atoms with van der Waals surface area (Å²) in [5.74, 6) is 0. The van der Waals surface area contributed by atoms with E-state index in [1.165, 1.54) is 22.3 Å². The minimum Gasteiger partial charge on any atom is -0.0870 e. The Kier molecular flexibility index (Phi) is 2.69. The van der Waals surface area contributed by atoms with Gasteiger partial charge in [0, 0.05) is 0 Å². The van der Waals surface area contributed by atoms with Gasteiger partial charge in [-0.2, -0.15) is 0 Å². The molecule has 0 atom stereocenters. The number of hydrogen-bond acceptors (Lipinski definition) is 0. The van der Waals surface area contributed by atoms with Gasteiger partial charge in [-0.25, -0.2) is 0 Å². The monoisotopic (exact) mass is 160 g/mol. The molecule has 0 nitrogen and oxygen atoms in total. The Labute approximate surface area is 74.9 Å². The van der Waals surface area contributed by atoms with E-state index in [1.54, 1.807) is 0 Å². The maximum absolute atomic E-state index is 2.18. The molecule has 0 saturated heterocycles. The van der Waals surface area contributed by atoms with Gasteiger partial charge in [-0.1, -0.05) is 24.3 Å². The summed E-state index contributed by atoms with van der Waals surface area (Å²) in [5.41, 5.74) is 5.50. The largest absolute Gasteiger partial charge is 0.0870 e. The van der Waals surface area contributed by atoms with Crippen molar-refractivity contribution in [3.63, 3.8) is 0 Å². The van der Waals surface area contributed by atoms with Crippen LogP contribution in [0.4, 0.5) is 0 Å². The average molecular weight is 160 g/mol. The van der Waals surface area contributed by atoms with Gasteiger partial charge in [0.1, 0.15) is 0 Å². The van der Waals surface area contributed by atoms with Crippen LogP contribution in [0.2, 0.25) is 0 Å². The average Bonchev–Trinajstić information content (AvgIpc) is 2.06. The summed E-state index contributed by atoms with van der Waals surface area (Å²) < 4.78 is 0. The molecule has 1 rings (SSSR count). The normalized spacial score (nSPS) is 11.0. The number of allylic oxidation sites excluding steroid dienone is 1. The molecule has 0 heterocycles. The number of rotatable bonds is 1. The summed E-state index contributed by atoms with van der Waals surface area (Å²) in [5, 5.41) is 0. The van der Waals surface area contributed by atoms with Crippen LogP contribution >= 0.6 is 0 Å². The van der Waals surface area contributed by atoms with Crippen molar-refractivity contribution in [3.05, 3.63) is 40.5 Å². The molecule has 0 aromatic heterocycles. The fourth-order valence-electron chi connectivity index (χ4n) is 1.40. The van der Waals surface area contributed by atoms with Crippen LogP contribution in [0.5, 0.6) is 0 Å². The van der Waals surface area contributed by atoms with Gasteiger partial charge in [0.2, 0.25) is 0 Å². The summed E-state index contributed by atoms with van der Waals surface area (Å²) in [6, 6.07) is 4.36. The van der Waals surface area contributed by atoms with Crippen molar-refractivity contribution >= 4 is 6.08 Å². The number of aryl methyl sites for hydroxylation is 2. The highest BCUT2D eigenvalue weighted by Gasteiger charge is 2.00. The second kappa shape index (κ2) is 3.57. The molecule has 0 unspecified atom stereocenters. The quantitative estimate of drug-likeness (QED) is 0.588. The highest BCUT2D eigenvalue weighted by Crippen LogP contribution is 2.18. The van der Waals surface area contributed by atoms with E-state index in [2.05, 4.69) is 52.0 Å². The van der Waals surface area contributed by atoms with Crippen molar-refractivity contribution in [2.24, 2.45) is 0 Å². The summed E-state index contributed by atoms with van der Waals surface area (Å²) in [6.07, 6.45) is 4.27. The van der Waals surface area contributed by atoms with Crippen LogP contribution in [-0.2, 0) is 0 Å². The molecule has 0 aliphatic carbocycles. The van der Waals surface area contributed by atoms with Crippen LogP contribution < -0.4 is 0 Å². The predicted octanol–water partition coefficient (Wildman–Crippen LogP) is 3.64. The van der Waals surface area contributed by atoms with Gasteiger partial charge in [-0.05, 0) is 49.9 Å². The lowest BCUT2D eigenvalue weighted by atomic mass is 9.98. The molecular formula is C12H16. The molecular weight excluding hydrogens is 144 g/mol. The van der Waals surface area contributed by atoms with E-state index in [0.717, 1.165) is 0 Å². The molecule has 0 fully saturated rings. The first-order valence-electron chi connectivity index (χ1n) is 4.36. The molecule has 0 heteroatoms. The third-order valence-electron chi connectivity index (χ3n) is 2.34.